The Kier molecular flexibility index (Phi) is 3.53. The van der Waals surface area contributed by atoms with Crippen molar-refractivity contribution in [1.82, 2.24) is 9.55 Å². The first-order chi connectivity index (χ1) is 8.22. The van der Waals surface area contributed by atoms with Crippen LogP contribution < -0.4 is 10.5 Å². The summed E-state index contributed by atoms with van der Waals surface area (Å²) in [5, 5.41) is 0. The van der Waals surface area contributed by atoms with E-state index in [1.165, 1.54) is 10.6 Å². The molecule has 0 aliphatic carbocycles. The Morgan fingerprint density at radius 2 is 2.18 bits per heavy atom. The normalized spacial score (nSPS) is 15.9. The average molecular weight is 237 g/mol. The zero-order chi connectivity index (χ0) is 12.3. The van der Waals surface area contributed by atoms with Gasteiger partial charge in [0.05, 0.1) is 19.6 Å². The molecule has 6 nitrogen and oxygen atoms in total. The number of aromatic nitrogens is 2. The third kappa shape index (κ3) is 2.52. The molecule has 1 fully saturated rings. The summed E-state index contributed by atoms with van der Waals surface area (Å²) in [5.74, 6) is 1.13. The Morgan fingerprint density at radius 1 is 1.47 bits per heavy atom. The number of nitrogens with zero attached hydrogens (tertiary/aromatic N) is 3. The Morgan fingerprint density at radius 3 is 2.82 bits per heavy atom. The van der Waals surface area contributed by atoms with Gasteiger partial charge >= 0.3 is 0 Å². The van der Waals surface area contributed by atoms with Gasteiger partial charge in [-0.05, 0) is 0 Å². The zero-order valence-electron chi connectivity index (χ0n) is 9.76. The van der Waals surface area contributed by atoms with Gasteiger partial charge in [-0.3, -0.25) is 9.36 Å². The molecule has 0 atom stereocenters. The molecule has 17 heavy (non-hydrogen) atoms. The molecular weight excluding hydrogens is 222 g/mol. The molecule has 1 aliphatic rings. The lowest BCUT2D eigenvalue weighted by molar-refractivity contribution is -0.107. The highest BCUT2D eigenvalue weighted by Crippen LogP contribution is 2.10. The second-order valence-corrected chi connectivity index (χ2v) is 3.90. The summed E-state index contributed by atoms with van der Waals surface area (Å²) in [7, 11) is 1.62. The van der Waals surface area contributed by atoms with E-state index in [0.717, 1.165) is 19.4 Å². The first kappa shape index (κ1) is 11.8. The molecule has 6 heteroatoms. The number of rotatable bonds is 3. The van der Waals surface area contributed by atoms with E-state index in [1.54, 1.807) is 7.05 Å². The lowest BCUT2D eigenvalue weighted by Crippen LogP contribution is -2.38. The van der Waals surface area contributed by atoms with Gasteiger partial charge < -0.3 is 14.4 Å². The lowest BCUT2D eigenvalue weighted by Gasteiger charge is -2.28. The van der Waals surface area contributed by atoms with Crippen molar-refractivity contribution in [2.24, 2.45) is 7.05 Å². The number of aldehydes is 1. The molecular formula is C11H15N3O3. The van der Waals surface area contributed by atoms with Crippen molar-refractivity contribution in [3.63, 3.8) is 0 Å². The minimum atomic E-state index is -0.140. The first-order valence-electron chi connectivity index (χ1n) is 5.55. The molecule has 0 radical (unpaired) electrons. The van der Waals surface area contributed by atoms with E-state index in [4.69, 9.17) is 4.74 Å². The molecule has 0 aromatic carbocycles. The van der Waals surface area contributed by atoms with Crippen molar-refractivity contribution in [2.45, 2.75) is 6.42 Å². The summed E-state index contributed by atoms with van der Waals surface area (Å²) in [4.78, 5) is 28.6. The van der Waals surface area contributed by atoms with Gasteiger partial charge in [0.2, 0.25) is 0 Å². The summed E-state index contributed by atoms with van der Waals surface area (Å²) >= 11 is 0. The molecule has 0 amide bonds. The predicted octanol–water partition coefficient (Wildman–Crippen LogP) is -0.642. The molecule has 1 aliphatic heterocycles. The third-order valence-corrected chi connectivity index (χ3v) is 2.81. The Hall–Kier alpha value is -1.69. The van der Waals surface area contributed by atoms with Crippen molar-refractivity contribution in [3.05, 3.63) is 22.2 Å². The molecule has 0 saturated carbocycles. The molecule has 92 valence electrons. The number of hydrogen-bond donors (Lipinski definition) is 0. The Bertz CT molecular complexity index is 464. The fraction of sp³-hybridized carbons (Fsp3) is 0.545. The fourth-order valence-electron chi connectivity index (χ4n) is 1.79. The van der Waals surface area contributed by atoms with E-state index in [-0.39, 0.29) is 12.0 Å². The average Bonchev–Trinajstić information content (AvgIpc) is 2.36. The number of carbonyl (C=O) groups excluding carboxylic acids is 1. The second-order valence-electron chi connectivity index (χ2n) is 3.90. The van der Waals surface area contributed by atoms with Crippen molar-refractivity contribution in [2.75, 3.05) is 31.2 Å². The second kappa shape index (κ2) is 5.09. The largest absolute Gasteiger partial charge is 0.378 e. The summed E-state index contributed by atoms with van der Waals surface area (Å²) in [6.07, 6.45) is 0.911. The lowest BCUT2D eigenvalue weighted by atomic mass is 10.3. The van der Waals surface area contributed by atoms with Gasteiger partial charge in [-0.15, -0.1) is 0 Å². The fourth-order valence-corrected chi connectivity index (χ4v) is 1.79. The third-order valence-electron chi connectivity index (χ3n) is 2.81. The van der Waals surface area contributed by atoms with Crippen LogP contribution in [-0.4, -0.2) is 42.1 Å². The van der Waals surface area contributed by atoms with E-state index in [0.29, 0.717) is 24.9 Å². The quantitative estimate of drug-likeness (QED) is 0.654. The summed E-state index contributed by atoms with van der Waals surface area (Å²) < 4.78 is 6.65. The van der Waals surface area contributed by atoms with E-state index in [1.807, 2.05) is 4.90 Å². The van der Waals surface area contributed by atoms with Crippen LogP contribution in [-0.2, 0) is 23.0 Å². The number of morpholine rings is 1. The number of hydrogen-bond acceptors (Lipinski definition) is 5. The molecule has 0 spiro atoms. The highest BCUT2D eigenvalue weighted by molar-refractivity contribution is 5.53. The monoisotopic (exact) mass is 237 g/mol. The number of carbonyl (C=O) groups is 1. The topological polar surface area (TPSA) is 64.4 Å². The van der Waals surface area contributed by atoms with Crippen LogP contribution in [0.3, 0.4) is 0 Å². The van der Waals surface area contributed by atoms with Crippen LogP contribution in [0.5, 0.6) is 0 Å². The highest BCUT2D eigenvalue weighted by atomic mass is 16.5. The van der Waals surface area contributed by atoms with Crippen molar-refractivity contribution in [3.8, 4) is 0 Å². The van der Waals surface area contributed by atoms with Gasteiger partial charge in [0.1, 0.15) is 17.9 Å². The SMILES string of the molecule is Cn1c(CC=O)nc(N2CCOCC2)cc1=O. The van der Waals surface area contributed by atoms with Gasteiger partial charge in [0.25, 0.3) is 5.56 Å². The number of anilines is 1. The maximum atomic E-state index is 11.7. The maximum Gasteiger partial charge on any atom is 0.255 e. The van der Waals surface area contributed by atoms with Crippen LogP contribution in [0.25, 0.3) is 0 Å². The summed E-state index contributed by atoms with van der Waals surface area (Å²) in [6, 6.07) is 1.50. The van der Waals surface area contributed by atoms with Gasteiger partial charge in [-0.25, -0.2) is 4.98 Å². The molecule has 1 saturated heterocycles. The van der Waals surface area contributed by atoms with Gasteiger partial charge in [-0.2, -0.15) is 0 Å². The van der Waals surface area contributed by atoms with Crippen LogP contribution in [0.4, 0.5) is 5.82 Å². The smallest absolute Gasteiger partial charge is 0.255 e. The minimum Gasteiger partial charge on any atom is -0.378 e. The highest BCUT2D eigenvalue weighted by Gasteiger charge is 2.14. The molecule has 2 rings (SSSR count). The van der Waals surface area contributed by atoms with E-state index in [9.17, 15) is 9.59 Å². The molecule has 1 aromatic rings. The van der Waals surface area contributed by atoms with Crippen LogP contribution in [0.15, 0.2) is 10.9 Å². The summed E-state index contributed by atoms with van der Waals surface area (Å²) in [6.45, 7) is 2.72. The van der Waals surface area contributed by atoms with Crippen molar-refractivity contribution < 1.29 is 9.53 Å². The van der Waals surface area contributed by atoms with Gasteiger partial charge in [0, 0.05) is 26.2 Å². The number of ether oxygens (including phenoxy) is 1. The van der Waals surface area contributed by atoms with Gasteiger partial charge in [0.15, 0.2) is 0 Å². The van der Waals surface area contributed by atoms with E-state index in [2.05, 4.69) is 4.98 Å². The van der Waals surface area contributed by atoms with Crippen LogP contribution in [0.2, 0.25) is 0 Å². The standard InChI is InChI=1S/C11H15N3O3/c1-13-9(2-5-15)12-10(8-11(13)16)14-3-6-17-7-4-14/h5,8H,2-4,6-7H2,1H3. The Balaban J connectivity index is 2.33. The van der Waals surface area contributed by atoms with Crippen molar-refractivity contribution in [1.29, 1.82) is 0 Å². The molecule has 2 heterocycles. The maximum absolute atomic E-state index is 11.7. The van der Waals surface area contributed by atoms with Gasteiger partial charge in [-0.1, -0.05) is 0 Å². The minimum absolute atomic E-state index is 0.140. The summed E-state index contributed by atoms with van der Waals surface area (Å²) in [5.41, 5.74) is -0.140. The molecule has 1 aromatic heterocycles. The van der Waals surface area contributed by atoms with Crippen LogP contribution in [0, 0.1) is 0 Å². The predicted molar refractivity (Wildman–Crippen MR) is 62.3 cm³/mol. The molecule has 0 N–H and O–H groups in total. The van der Waals surface area contributed by atoms with E-state index < -0.39 is 0 Å². The van der Waals surface area contributed by atoms with Crippen LogP contribution in [0.1, 0.15) is 5.82 Å². The van der Waals surface area contributed by atoms with E-state index >= 15 is 0 Å². The molecule has 0 unspecified atom stereocenters. The first-order valence-corrected chi connectivity index (χ1v) is 5.55. The molecule has 0 bridgehead atoms. The van der Waals surface area contributed by atoms with Crippen LogP contribution >= 0.6 is 0 Å². The zero-order valence-corrected chi connectivity index (χ0v) is 9.76. The van der Waals surface area contributed by atoms with Crippen molar-refractivity contribution >= 4 is 12.1 Å². The Labute approximate surface area is 98.8 Å².